The van der Waals surface area contributed by atoms with Crippen molar-refractivity contribution in [3.05, 3.63) is 29.6 Å². The number of fused-ring (bicyclic) bond motifs is 1. The van der Waals surface area contributed by atoms with Crippen LogP contribution in [0.15, 0.2) is 18.2 Å². The first kappa shape index (κ1) is 12.1. The highest BCUT2D eigenvalue weighted by molar-refractivity contribution is 5.77. The van der Waals surface area contributed by atoms with E-state index >= 15 is 0 Å². The maximum Gasteiger partial charge on any atom is 0.127 e. The summed E-state index contributed by atoms with van der Waals surface area (Å²) in [4.78, 5) is 4.70. The van der Waals surface area contributed by atoms with Crippen LogP contribution in [0.25, 0.3) is 11.0 Å². The van der Waals surface area contributed by atoms with Gasteiger partial charge in [0.2, 0.25) is 0 Å². The molecule has 0 aliphatic rings. The van der Waals surface area contributed by atoms with Gasteiger partial charge in [-0.15, -0.1) is 0 Å². The van der Waals surface area contributed by atoms with Crippen LogP contribution >= 0.6 is 0 Å². The lowest BCUT2D eigenvalue weighted by Crippen LogP contribution is -2.21. The summed E-state index contributed by atoms with van der Waals surface area (Å²) < 4.78 is 2.22. The van der Waals surface area contributed by atoms with Gasteiger partial charge in [0.15, 0.2) is 0 Å². The van der Waals surface area contributed by atoms with Crippen LogP contribution in [0.4, 0.5) is 0 Å². The van der Waals surface area contributed by atoms with E-state index in [1.807, 2.05) is 0 Å². The fraction of sp³-hybridized carbons (Fsp3) is 0.500. The third-order valence-electron chi connectivity index (χ3n) is 3.27. The van der Waals surface area contributed by atoms with Gasteiger partial charge in [0.25, 0.3) is 0 Å². The molecule has 0 amide bonds. The first-order chi connectivity index (χ1) is 8.04. The Labute approximate surface area is 103 Å². The average molecular weight is 231 g/mol. The van der Waals surface area contributed by atoms with Crippen LogP contribution in [-0.2, 0) is 6.54 Å². The van der Waals surface area contributed by atoms with Crippen LogP contribution in [-0.4, -0.2) is 9.55 Å². The minimum Gasteiger partial charge on any atom is -0.327 e. The third-order valence-corrected chi connectivity index (χ3v) is 3.27. The van der Waals surface area contributed by atoms with Gasteiger partial charge in [-0.3, -0.25) is 0 Å². The van der Waals surface area contributed by atoms with Crippen molar-refractivity contribution in [2.75, 3.05) is 0 Å². The molecule has 0 saturated carbocycles. The highest BCUT2D eigenvalue weighted by atomic mass is 15.1. The fourth-order valence-electron chi connectivity index (χ4n) is 2.14. The van der Waals surface area contributed by atoms with E-state index in [-0.39, 0.29) is 6.04 Å². The van der Waals surface area contributed by atoms with Crippen molar-refractivity contribution in [2.24, 2.45) is 11.7 Å². The number of rotatable bonds is 3. The Morgan fingerprint density at radius 1 is 1.35 bits per heavy atom. The molecular formula is C14H21N3. The molecule has 0 aliphatic heterocycles. The largest absolute Gasteiger partial charge is 0.327 e. The maximum atomic E-state index is 6.23. The fourth-order valence-corrected chi connectivity index (χ4v) is 2.14. The van der Waals surface area contributed by atoms with Crippen molar-refractivity contribution >= 4 is 11.0 Å². The Balaban J connectivity index is 2.63. The number of nitrogens with zero attached hydrogens (tertiary/aromatic N) is 2. The van der Waals surface area contributed by atoms with Gasteiger partial charge < -0.3 is 10.3 Å². The van der Waals surface area contributed by atoms with Crippen LogP contribution in [0.2, 0.25) is 0 Å². The highest BCUT2D eigenvalue weighted by Gasteiger charge is 2.18. The van der Waals surface area contributed by atoms with Crippen LogP contribution in [0.3, 0.4) is 0 Å². The van der Waals surface area contributed by atoms with Crippen LogP contribution in [0.5, 0.6) is 0 Å². The summed E-state index contributed by atoms with van der Waals surface area (Å²) in [6, 6.07) is 6.39. The molecule has 2 aromatic rings. The molecule has 1 heterocycles. The van der Waals surface area contributed by atoms with Crippen molar-refractivity contribution in [3.63, 3.8) is 0 Å². The molecule has 3 heteroatoms. The highest BCUT2D eigenvalue weighted by Crippen LogP contribution is 2.24. The lowest BCUT2D eigenvalue weighted by Gasteiger charge is -2.16. The second-order valence-corrected chi connectivity index (χ2v) is 4.98. The Kier molecular flexibility index (Phi) is 3.20. The predicted octanol–water partition coefficient (Wildman–Crippen LogP) is 3.02. The summed E-state index contributed by atoms with van der Waals surface area (Å²) in [7, 11) is 0. The van der Waals surface area contributed by atoms with Crippen LogP contribution < -0.4 is 5.73 Å². The molecule has 1 atom stereocenters. The smallest absolute Gasteiger partial charge is 0.127 e. The summed E-state index contributed by atoms with van der Waals surface area (Å²) in [5, 5.41) is 0. The predicted molar refractivity (Wildman–Crippen MR) is 71.9 cm³/mol. The zero-order valence-electron chi connectivity index (χ0n) is 11.1. The molecule has 1 aromatic heterocycles. The van der Waals surface area contributed by atoms with Crippen molar-refractivity contribution in [1.82, 2.24) is 9.55 Å². The molecule has 0 radical (unpaired) electrons. The molecule has 0 saturated heterocycles. The molecule has 92 valence electrons. The maximum absolute atomic E-state index is 6.23. The van der Waals surface area contributed by atoms with E-state index in [9.17, 15) is 0 Å². The molecule has 17 heavy (non-hydrogen) atoms. The van der Waals surface area contributed by atoms with Gasteiger partial charge in [-0.2, -0.15) is 0 Å². The first-order valence-corrected chi connectivity index (χ1v) is 6.27. The molecule has 1 unspecified atom stereocenters. The monoisotopic (exact) mass is 231 g/mol. The normalized spacial score (nSPS) is 13.5. The second-order valence-electron chi connectivity index (χ2n) is 4.98. The summed E-state index contributed by atoms with van der Waals surface area (Å²) in [6.45, 7) is 9.41. The molecule has 3 nitrogen and oxygen atoms in total. The summed E-state index contributed by atoms with van der Waals surface area (Å²) in [6.07, 6.45) is 0. The lowest BCUT2D eigenvalue weighted by molar-refractivity contribution is 0.472. The molecule has 0 fully saturated rings. The van der Waals surface area contributed by atoms with E-state index < -0.39 is 0 Å². The van der Waals surface area contributed by atoms with E-state index in [0.29, 0.717) is 5.92 Å². The average Bonchev–Trinajstić information content (AvgIpc) is 2.64. The molecular weight excluding hydrogens is 210 g/mol. The zero-order valence-corrected chi connectivity index (χ0v) is 11.1. The number of imidazole rings is 1. The summed E-state index contributed by atoms with van der Waals surface area (Å²) >= 11 is 0. The quantitative estimate of drug-likeness (QED) is 0.882. The van der Waals surface area contributed by atoms with E-state index in [2.05, 4.69) is 50.5 Å². The van der Waals surface area contributed by atoms with E-state index in [1.165, 1.54) is 11.1 Å². The summed E-state index contributed by atoms with van der Waals surface area (Å²) in [5.41, 5.74) is 9.71. The van der Waals surface area contributed by atoms with Crippen molar-refractivity contribution in [1.29, 1.82) is 0 Å². The van der Waals surface area contributed by atoms with E-state index in [4.69, 9.17) is 10.7 Å². The van der Waals surface area contributed by atoms with Crippen molar-refractivity contribution in [3.8, 4) is 0 Å². The van der Waals surface area contributed by atoms with Crippen molar-refractivity contribution < 1.29 is 0 Å². The van der Waals surface area contributed by atoms with E-state index in [0.717, 1.165) is 17.9 Å². The number of benzene rings is 1. The number of aromatic nitrogens is 2. The zero-order chi connectivity index (χ0) is 12.6. The molecule has 0 spiro atoms. The van der Waals surface area contributed by atoms with Gasteiger partial charge in [-0.05, 0) is 37.5 Å². The molecule has 0 aliphatic carbocycles. The Morgan fingerprint density at radius 3 is 2.65 bits per heavy atom. The van der Waals surface area contributed by atoms with Gasteiger partial charge in [0, 0.05) is 6.54 Å². The van der Waals surface area contributed by atoms with E-state index in [1.54, 1.807) is 0 Å². The number of nitrogens with two attached hydrogens (primary N) is 1. The molecule has 0 bridgehead atoms. The topological polar surface area (TPSA) is 43.8 Å². The van der Waals surface area contributed by atoms with Gasteiger partial charge in [0.05, 0.1) is 17.1 Å². The lowest BCUT2D eigenvalue weighted by atomic mass is 10.1. The Bertz CT molecular complexity index is 525. The van der Waals surface area contributed by atoms with Crippen LogP contribution in [0.1, 0.15) is 38.2 Å². The molecule has 2 N–H and O–H groups in total. The van der Waals surface area contributed by atoms with Gasteiger partial charge >= 0.3 is 0 Å². The number of aryl methyl sites for hydroxylation is 2. The number of hydrogen-bond acceptors (Lipinski definition) is 2. The molecule has 1 aromatic carbocycles. The Hall–Kier alpha value is -1.35. The SMILES string of the molecule is CCn1c(C(N)C(C)C)nc2cc(C)ccc21. The number of hydrogen-bond donors (Lipinski definition) is 1. The van der Waals surface area contributed by atoms with Crippen molar-refractivity contribution in [2.45, 2.75) is 40.3 Å². The van der Waals surface area contributed by atoms with Gasteiger partial charge in [0.1, 0.15) is 5.82 Å². The summed E-state index contributed by atoms with van der Waals surface area (Å²) in [5.74, 6) is 1.40. The second kappa shape index (κ2) is 4.49. The Morgan fingerprint density at radius 2 is 2.06 bits per heavy atom. The minimum absolute atomic E-state index is 0.00246. The third kappa shape index (κ3) is 2.07. The van der Waals surface area contributed by atoms with Gasteiger partial charge in [-0.1, -0.05) is 19.9 Å². The standard InChI is InChI=1S/C14H21N3/c1-5-17-12-7-6-10(4)8-11(12)16-14(17)13(15)9(2)3/h6-9,13H,5,15H2,1-4H3. The van der Waals surface area contributed by atoms with Crippen LogP contribution in [0, 0.1) is 12.8 Å². The first-order valence-electron chi connectivity index (χ1n) is 6.27. The molecule has 2 rings (SSSR count). The van der Waals surface area contributed by atoms with Gasteiger partial charge in [-0.25, -0.2) is 4.98 Å². The minimum atomic E-state index is 0.00246.